The summed E-state index contributed by atoms with van der Waals surface area (Å²) in [6.07, 6.45) is 0.228. The van der Waals surface area contributed by atoms with Gasteiger partial charge in [0.25, 0.3) is 0 Å². The summed E-state index contributed by atoms with van der Waals surface area (Å²) in [4.78, 5) is 2.37. The topological polar surface area (TPSA) is 71.1 Å². The van der Waals surface area contributed by atoms with Crippen LogP contribution in [0.15, 0.2) is 29.4 Å². The van der Waals surface area contributed by atoms with Gasteiger partial charge in [0.1, 0.15) is 0 Å². The molecule has 5 nitrogen and oxygen atoms in total. The minimum Gasteiger partial charge on any atom is -0.409 e. The molecule has 1 aromatic rings. The Hall–Kier alpha value is -1.59. The van der Waals surface area contributed by atoms with Crippen LogP contribution in [0.2, 0.25) is 0 Å². The third kappa shape index (κ3) is 3.71. The maximum absolute atomic E-state index is 8.74. The Balaban J connectivity index is 2.10. The zero-order chi connectivity index (χ0) is 14.8. The van der Waals surface area contributed by atoms with Gasteiger partial charge in [0.15, 0.2) is 5.84 Å². The van der Waals surface area contributed by atoms with Crippen molar-refractivity contribution in [1.82, 2.24) is 4.90 Å². The summed E-state index contributed by atoms with van der Waals surface area (Å²) < 4.78 is 5.91. The molecule has 1 fully saturated rings. The van der Waals surface area contributed by atoms with Gasteiger partial charge in [-0.2, -0.15) is 0 Å². The molecule has 20 heavy (non-hydrogen) atoms. The highest BCUT2D eigenvalue weighted by Crippen LogP contribution is 2.22. The van der Waals surface area contributed by atoms with Crippen LogP contribution in [0.4, 0.5) is 0 Å². The highest BCUT2D eigenvalue weighted by Gasteiger charge is 2.31. The molecule has 1 aliphatic rings. The minimum absolute atomic E-state index is 0.124. The smallest absolute Gasteiger partial charge is 0.170 e. The minimum atomic E-state index is -0.124. The molecule has 0 aliphatic carbocycles. The van der Waals surface area contributed by atoms with Crippen molar-refractivity contribution in [1.29, 1.82) is 0 Å². The average molecular weight is 277 g/mol. The molecule has 110 valence electrons. The summed E-state index contributed by atoms with van der Waals surface area (Å²) in [5.74, 6) is 0.141. The van der Waals surface area contributed by atoms with Gasteiger partial charge in [-0.05, 0) is 32.4 Å². The molecule has 2 rings (SSSR count). The Morgan fingerprint density at radius 3 is 2.95 bits per heavy atom. The zero-order valence-corrected chi connectivity index (χ0v) is 12.3. The van der Waals surface area contributed by atoms with Crippen molar-refractivity contribution in [2.24, 2.45) is 10.9 Å². The van der Waals surface area contributed by atoms with Crippen molar-refractivity contribution in [3.05, 3.63) is 35.4 Å². The molecule has 0 saturated carbocycles. The monoisotopic (exact) mass is 277 g/mol. The third-order valence-corrected chi connectivity index (χ3v) is 3.38. The van der Waals surface area contributed by atoms with Crippen LogP contribution in [0.25, 0.3) is 0 Å². The standard InChI is InChI=1S/C15H23N3O2/c1-11-8-18(10-15(2,3)20-11)9-12-5-4-6-13(7-12)14(16)17-19/h4-7,11,19H,8-10H2,1-3H3,(H2,16,17). The Morgan fingerprint density at radius 1 is 1.55 bits per heavy atom. The molecule has 5 heteroatoms. The first-order chi connectivity index (χ1) is 9.39. The summed E-state index contributed by atoms with van der Waals surface area (Å²) in [7, 11) is 0. The fourth-order valence-corrected chi connectivity index (χ4v) is 2.85. The van der Waals surface area contributed by atoms with Gasteiger partial charge in [-0.25, -0.2) is 0 Å². The lowest BCUT2D eigenvalue weighted by atomic mass is 10.0. The summed E-state index contributed by atoms with van der Waals surface area (Å²) >= 11 is 0. The predicted octanol–water partition coefficient (Wildman–Crippen LogP) is 1.78. The number of benzene rings is 1. The molecule has 0 aromatic heterocycles. The van der Waals surface area contributed by atoms with Crippen molar-refractivity contribution in [3.63, 3.8) is 0 Å². The van der Waals surface area contributed by atoms with Crippen LogP contribution in [-0.4, -0.2) is 40.7 Å². The highest BCUT2D eigenvalue weighted by atomic mass is 16.5. The molecule has 1 saturated heterocycles. The van der Waals surface area contributed by atoms with Crippen LogP contribution in [0.1, 0.15) is 31.9 Å². The van der Waals surface area contributed by atoms with Crippen LogP contribution in [0.5, 0.6) is 0 Å². The van der Waals surface area contributed by atoms with E-state index in [0.717, 1.165) is 30.8 Å². The van der Waals surface area contributed by atoms with E-state index in [1.807, 2.05) is 18.2 Å². The molecule has 1 aromatic carbocycles. The van der Waals surface area contributed by atoms with Crippen molar-refractivity contribution in [3.8, 4) is 0 Å². The molecule has 3 N–H and O–H groups in total. The normalized spacial score (nSPS) is 23.8. The third-order valence-electron chi connectivity index (χ3n) is 3.38. The SMILES string of the molecule is CC1CN(Cc2cccc(C(N)=NO)c2)CC(C)(C)O1. The Kier molecular flexibility index (Phi) is 4.30. The summed E-state index contributed by atoms with van der Waals surface area (Å²) in [5.41, 5.74) is 7.40. The summed E-state index contributed by atoms with van der Waals surface area (Å²) in [6, 6.07) is 7.78. The second kappa shape index (κ2) is 5.81. The molecule has 0 amide bonds. The summed E-state index contributed by atoms with van der Waals surface area (Å²) in [6.45, 7) is 8.97. The number of rotatable bonds is 3. The van der Waals surface area contributed by atoms with Crippen molar-refractivity contribution < 1.29 is 9.94 Å². The van der Waals surface area contributed by atoms with Gasteiger partial charge in [0.2, 0.25) is 0 Å². The van der Waals surface area contributed by atoms with Crippen LogP contribution >= 0.6 is 0 Å². The number of hydrogen-bond donors (Lipinski definition) is 2. The fraction of sp³-hybridized carbons (Fsp3) is 0.533. The van der Waals surface area contributed by atoms with Crippen LogP contribution < -0.4 is 5.73 Å². The van der Waals surface area contributed by atoms with E-state index in [0.29, 0.717) is 0 Å². The van der Waals surface area contributed by atoms with E-state index in [1.165, 1.54) is 0 Å². The quantitative estimate of drug-likeness (QED) is 0.382. The molecule has 0 bridgehead atoms. The van der Waals surface area contributed by atoms with Crippen molar-refractivity contribution in [2.75, 3.05) is 13.1 Å². The number of hydrogen-bond acceptors (Lipinski definition) is 4. The molecule has 0 spiro atoms. The van der Waals surface area contributed by atoms with Gasteiger partial charge in [-0.15, -0.1) is 0 Å². The number of nitrogens with two attached hydrogens (primary N) is 1. The molecule has 1 unspecified atom stereocenters. The van der Waals surface area contributed by atoms with Gasteiger partial charge in [-0.3, -0.25) is 4.90 Å². The van der Waals surface area contributed by atoms with E-state index in [1.54, 1.807) is 0 Å². The molecular formula is C15H23N3O2. The number of nitrogens with zero attached hydrogens (tertiary/aromatic N) is 2. The van der Waals surface area contributed by atoms with Gasteiger partial charge >= 0.3 is 0 Å². The van der Waals surface area contributed by atoms with Crippen molar-refractivity contribution >= 4 is 5.84 Å². The van der Waals surface area contributed by atoms with E-state index >= 15 is 0 Å². The van der Waals surface area contributed by atoms with E-state index in [2.05, 4.69) is 36.9 Å². The van der Waals surface area contributed by atoms with E-state index in [9.17, 15) is 0 Å². The molecule has 1 atom stereocenters. The maximum Gasteiger partial charge on any atom is 0.170 e. The lowest BCUT2D eigenvalue weighted by Crippen LogP contribution is -2.51. The van der Waals surface area contributed by atoms with Crippen LogP contribution in [-0.2, 0) is 11.3 Å². The summed E-state index contributed by atoms with van der Waals surface area (Å²) in [5, 5.41) is 11.8. The molecule has 1 heterocycles. The van der Waals surface area contributed by atoms with Crippen LogP contribution in [0.3, 0.4) is 0 Å². The first kappa shape index (κ1) is 14.8. The highest BCUT2D eigenvalue weighted by molar-refractivity contribution is 5.97. The first-order valence-electron chi connectivity index (χ1n) is 6.86. The average Bonchev–Trinajstić information content (AvgIpc) is 2.35. The lowest BCUT2D eigenvalue weighted by Gasteiger charge is -2.41. The molecule has 1 aliphatic heterocycles. The first-order valence-corrected chi connectivity index (χ1v) is 6.86. The van der Waals surface area contributed by atoms with Gasteiger partial charge in [-0.1, -0.05) is 23.4 Å². The zero-order valence-electron chi connectivity index (χ0n) is 12.3. The Morgan fingerprint density at radius 2 is 2.30 bits per heavy atom. The lowest BCUT2D eigenvalue weighted by molar-refractivity contribution is -0.130. The predicted molar refractivity (Wildman–Crippen MR) is 78.9 cm³/mol. The van der Waals surface area contributed by atoms with E-state index in [-0.39, 0.29) is 17.5 Å². The van der Waals surface area contributed by atoms with Gasteiger partial charge < -0.3 is 15.7 Å². The van der Waals surface area contributed by atoms with E-state index < -0.39 is 0 Å². The maximum atomic E-state index is 8.74. The second-order valence-electron chi connectivity index (χ2n) is 6.04. The number of ether oxygens (including phenoxy) is 1. The Bertz CT molecular complexity index is 500. The number of morpholine rings is 1. The molecule has 0 radical (unpaired) electrons. The number of oxime groups is 1. The number of amidine groups is 1. The molecular weight excluding hydrogens is 254 g/mol. The fourth-order valence-electron chi connectivity index (χ4n) is 2.85. The van der Waals surface area contributed by atoms with Gasteiger partial charge in [0, 0.05) is 25.2 Å². The second-order valence-corrected chi connectivity index (χ2v) is 6.04. The van der Waals surface area contributed by atoms with Crippen LogP contribution in [0, 0.1) is 0 Å². The largest absolute Gasteiger partial charge is 0.409 e. The van der Waals surface area contributed by atoms with E-state index in [4.69, 9.17) is 15.7 Å². The van der Waals surface area contributed by atoms with Crippen molar-refractivity contribution in [2.45, 2.75) is 39.0 Å². The van der Waals surface area contributed by atoms with Gasteiger partial charge in [0.05, 0.1) is 11.7 Å². The Labute approximate surface area is 120 Å².